The van der Waals surface area contributed by atoms with Gasteiger partial charge in [0.05, 0.1) is 6.54 Å². The van der Waals surface area contributed by atoms with Crippen molar-refractivity contribution in [3.63, 3.8) is 0 Å². The summed E-state index contributed by atoms with van der Waals surface area (Å²) in [5.74, 6) is 0.683. The van der Waals surface area contributed by atoms with E-state index in [9.17, 15) is 0 Å². The largest absolute Gasteiger partial charge is 0.346 e. The summed E-state index contributed by atoms with van der Waals surface area (Å²) in [6, 6.07) is 5.86. The highest BCUT2D eigenvalue weighted by Crippen LogP contribution is 2.16. The standard InChI is InChI=1S/C14H16Cl2N2/c1-4-14(17-8-11(3)15)18-9-12-5-6-13(16)10(2)7-12/h4-8H,1,9H2,2-3H3,(H,17,18)/b11-8+. The quantitative estimate of drug-likeness (QED) is 0.642. The third-order valence-electron chi connectivity index (χ3n) is 2.27. The van der Waals surface area contributed by atoms with Crippen molar-refractivity contribution in [3.8, 4) is 0 Å². The first-order chi connectivity index (χ1) is 8.52. The number of nitrogens with one attached hydrogen (secondary N) is 1. The average Bonchev–Trinajstić information content (AvgIpc) is 2.33. The van der Waals surface area contributed by atoms with Gasteiger partial charge in [0.2, 0.25) is 0 Å². The summed E-state index contributed by atoms with van der Waals surface area (Å²) in [5, 5.41) is 4.41. The Morgan fingerprint density at radius 3 is 2.78 bits per heavy atom. The Morgan fingerprint density at radius 1 is 1.50 bits per heavy atom. The fourth-order valence-corrected chi connectivity index (χ4v) is 1.50. The number of hydrogen-bond acceptors (Lipinski definition) is 1. The SMILES string of the molecule is C=CC(=NCc1ccc(Cl)c(C)c1)N/C=C(\C)Cl. The molecule has 0 aliphatic rings. The maximum Gasteiger partial charge on any atom is 0.124 e. The minimum Gasteiger partial charge on any atom is -0.346 e. The molecule has 96 valence electrons. The van der Waals surface area contributed by atoms with E-state index in [1.54, 1.807) is 19.2 Å². The van der Waals surface area contributed by atoms with E-state index in [4.69, 9.17) is 23.2 Å². The Balaban J connectivity index is 2.73. The molecule has 1 aromatic carbocycles. The third kappa shape index (κ3) is 4.94. The molecule has 0 atom stereocenters. The molecular weight excluding hydrogens is 267 g/mol. The first-order valence-electron chi connectivity index (χ1n) is 5.53. The van der Waals surface area contributed by atoms with Crippen LogP contribution < -0.4 is 5.32 Å². The van der Waals surface area contributed by atoms with Gasteiger partial charge in [0.1, 0.15) is 5.84 Å². The molecule has 0 aliphatic carbocycles. The van der Waals surface area contributed by atoms with E-state index >= 15 is 0 Å². The summed E-state index contributed by atoms with van der Waals surface area (Å²) in [7, 11) is 0. The van der Waals surface area contributed by atoms with Gasteiger partial charge in [-0.25, -0.2) is 0 Å². The Morgan fingerprint density at radius 2 is 2.22 bits per heavy atom. The average molecular weight is 283 g/mol. The van der Waals surface area contributed by atoms with Crippen LogP contribution in [0.1, 0.15) is 18.1 Å². The molecule has 1 N–H and O–H groups in total. The van der Waals surface area contributed by atoms with Gasteiger partial charge in [-0.15, -0.1) is 0 Å². The first-order valence-corrected chi connectivity index (χ1v) is 6.29. The summed E-state index contributed by atoms with van der Waals surface area (Å²) in [5.41, 5.74) is 2.15. The molecule has 0 aliphatic heterocycles. The highest BCUT2D eigenvalue weighted by Gasteiger charge is 1.97. The summed E-state index contributed by atoms with van der Waals surface area (Å²) < 4.78 is 0. The summed E-state index contributed by atoms with van der Waals surface area (Å²) >= 11 is 11.7. The van der Waals surface area contributed by atoms with Crippen LogP contribution in [0.3, 0.4) is 0 Å². The summed E-state index contributed by atoms with van der Waals surface area (Å²) in [4.78, 5) is 4.40. The number of hydrogen-bond donors (Lipinski definition) is 1. The van der Waals surface area contributed by atoms with Gasteiger partial charge in [-0.05, 0) is 37.1 Å². The van der Waals surface area contributed by atoms with Crippen molar-refractivity contribution in [2.24, 2.45) is 4.99 Å². The zero-order chi connectivity index (χ0) is 13.5. The molecule has 1 aromatic rings. The van der Waals surface area contributed by atoms with Gasteiger partial charge in [-0.3, -0.25) is 4.99 Å². The fraction of sp³-hybridized carbons (Fsp3) is 0.214. The molecule has 0 saturated heterocycles. The monoisotopic (exact) mass is 282 g/mol. The van der Waals surface area contributed by atoms with Crippen molar-refractivity contribution in [2.45, 2.75) is 20.4 Å². The number of amidine groups is 1. The van der Waals surface area contributed by atoms with Gasteiger partial charge in [0.25, 0.3) is 0 Å². The van der Waals surface area contributed by atoms with Crippen molar-refractivity contribution in [2.75, 3.05) is 0 Å². The maximum absolute atomic E-state index is 5.97. The van der Waals surface area contributed by atoms with E-state index < -0.39 is 0 Å². The van der Waals surface area contributed by atoms with Crippen LogP contribution in [-0.2, 0) is 6.54 Å². The second-order valence-corrected chi connectivity index (χ2v) is 4.87. The third-order valence-corrected chi connectivity index (χ3v) is 2.80. The highest BCUT2D eigenvalue weighted by molar-refractivity contribution is 6.31. The minimum atomic E-state index is 0.571. The van der Waals surface area contributed by atoms with Crippen LogP contribution >= 0.6 is 23.2 Å². The number of allylic oxidation sites excluding steroid dienone is 1. The van der Waals surface area contributed by atoms with Crippen molar-refractivity contribution in [1.29, 1.82) is 0 Å². The molecule has 0 spiro atoms. The number of nitrogens with zero attached hydrogens (tertiary/aromatic N) is 1. The molecule has 0 radical (unpaired) electrons. The predicted octanol–water partition coefficient (Wildman–Crippen LogP) is 4.42. The normalized spacial score (nSPS) is 12.4. The topological polar surface area (TPSA) is 24.4 Å². The lowest BCUT2D eigenvalue weighted by Gasteiger charge is -2.04. The number of aliphatic imine (C=N–C) groups is 1. The predicted molar refractivity (Wildman–Crippen MR) is 80.3 cm³/mol. The van der Waals surface area contributed by atoms with E-state index in [2.05, 4.69) is 16.9 Å². The second kappa shape index (κ2) is 7.24. The maximum atomic E-state index is 5.97. The lowest BCUT2D eigenvalue weighted by molar-refractivity contribution is 1.04. The molecular formula is C14H16Cl2N2. The molecule has 4 heteroatoms. The van der Waals surface area contributed by atoms with Crippen LogP contribution in [0, 0.1) is 6.92 Å². The number of benzene rings is 1. The van der Waals surface area contributed by atoms with E-state index in [1.807, 2.05) is 25.1 Å². The fourth-order valence-electron chi connectivity index (χ4n) is 1.32. The van der Waals surface area contributed by atoms with Crippen molar-refractivity contribution in [3.05, 3.63) is 58.2 Å². The minimum absolute atomic E-state index is 0.571. The van der Waals surface area contributed by atoms with Crippen LogP contribution in [-0.4, -0.2) is 5.84 Å². The zero-order valence-corrected chi connectivity index (χ0v) is 12.0. The first kappa shape index (κ1) is 14.8. The Labute approximate surface area is 118 Å². The highest BCUT2D eigenvalue weighted by atomic mass is 35.5. The number of halogens is 2. The Hall–Kier alpha value is -1.25. The van der Waals surface area contributed by atoms with Crippen LogP contribution in [0.25, 0.3) is 0 Å². The molecule has 1 rings (SSSR count). The van der Waals surface area contributed by atoms with Crippen molar-refractivity contribution < 1.29 is 0 Å². The van der Waals surface area contributed by atoms with Gasteiger partial charge < -0.3 is 5.32 Å². The van der Waals surface area contributed by atoms with Gasteiger partial charge >= 0.3 is 0 Å². The van der Waals surface area contributed by atoms with E-state index in [0.29, 0.717) is 17.4 Å². The van der Waals surface area contributed by atoms with Gasteiger partial charge in [0, 0.05) is 16.3 Å². The summed E-state index contributed by atoms with van der Waals surface area (Å²) in [6.45, 7) is 8.03. The second-order valence-electron chi connectivity index (χ2n) is 3.86. The molecule has 0 aromatic heterocycles. The van der Waals surface area contributed by atoms with E-state index in [0.717, 1.165) is 16.1 Å². The molecule has 2 nitrogen and oxygen atoms in total. The van der Waals surface area contributed by atoms with E-state index in [1.165, 1.54) is 0 Å². The molecule has 0 bridgehead atoms. The molecule has 0 unspecified atom stereocenters. The lowest BCUT2D eigenvalue weighted by Crippen LogP contribution is -2.14. The van der Waals surface area contributed by atoms with Crippen molar-refractivity contribution >= 4 is 29.0 Å². The molecule has 18 heavy (non-hydrogen) atoms. The van der Waals surface area contributed by atoms with Crippen LogP contribution in [0.2, 0.25) is 5.02 Å². The molecule has 0 heterocycles. The van der Waals surface area contributed by atoms with Crippen LogP contribution in [0.15, 0.2) is 47.1 Å². The zero-order valence-electron chi connectivity index (χ0n) is 10.5. The van der Waals surface area contributed by atoms with E-state index in [-0.39, 0.29) is 0 Å². The van der Waals surface area contributed by atoms with Crippen LogP contribution in [0.4, 0.5) is 0 Å². The smallest absolute Gasteiger partial charge is 0.124 e. The van der Waals surface area contributed by atoms with Crippen molar-refractivity contribution in [1.82, 2.24) is 5.32 Å². The Bertz CT molecular complexity index is 487. The summed E-state index contributed by atoms with van der Waals surface area (Å²) in [6.07, 6.45) is 3.33. The lowest BCUT2D eigenvalue weighted by atomic mass is 10.1. The van der Waals surface area contributed by atoms with Gasteiger partial charge in [-0.1, -0.05) is 41.9 Å². The number of rotatable bonds is 4. The Kier molecular flexibility index (Phi) is 5.96. The van der Waals surface area contributed by atoms with Crippen LogP contribution in [0.5, 0.6) is 0 Å². The van der Waals surface area contributed by atoms with Gasteiger partial charge in [0.15, 0.2) is 0 Å². The number of aryl methyl sites for hydroxylation is 1. The molecule has 0 saturated carbocycles. The molecule has 0 amide bonds. The molecule has 0 fully saturated rings. The van der Waals surface area contributed by atoms with Gasteiger partial charge in [-0.2, -0.15) is 0 Å².